The second-order valence-corrected chi connectivity index (χ2v) is 7.20. The molecule has 0 fully saturated rings. The number of fused-ring (bicyclic) bond motifs is 1. The minimum absolute atomic E-state index is 0.394. The molecular weight excluding hydrogens is 380 g/mol. The number of aromatic nitrogens is 7. The highest BCUT2D eigenvalue weighted by Gasteiger charge is 2.25. The Hall–Kier alpha value is -3.66. The summed E-state index contributed by atoms with van der Waals surface area (Å²) in [5, 5.41) is 12.7. The van der Waals surface area contributed by atoms with Gasteiger partial charge in [-0.1, -0.05) is 19.1 Å². The van der Waals surface area contributed by atoms with Crippen molar-refractivity contribution in [1.82, 2.24) is 34.9 Å². The van der Waals surface area contributed by atoms with E-state index >= 15 is 0 Å². The van der Waals surface area contributed by atoms with Gasteiger partial charge in [0.05, 0.1) is 23.1 Å². The lowest BCUT2D eigenvalue weighted by Crippen LogP contribution is -2.36. The highest BCUT2D eigenvalue weighted by atomic mass is 15.4. The fourth-order valence-electron chi connectivity index (χ4n) is 3.34. The number of nitrogens with two attached hydrogens (primary N) is 2. The summed E-state index contributed by atoms with van der Waals surface area (Å²) in [5.74, 6) is 1.65. The lowest BCUT2D eigenvalue weighted by molar-refractivity contribution is 0.400. The fourth-order valence-corrected chi connectivity index (χ4v) is 3.34. The third-order valence-corrected chi connectivity index (χ3v) is 5.42. The maximum absolute atomic E-state index is 6.48. The van der Waals surface area contributed by atoms with Gasteiger partial charge < -0.3 is 16.8 Å². The molecule has 0 saturated heterocycles. The van der Waals surface area contributed by atoms with Crippen LogP contribution < -0.4 is 16.8 Å². The van der Waals surface area contributed by atoms with Crippen LogP contribution in [0.4, 0.5) is 17.5 Å². The standard InChI is InChI=1S/C20H24N10/c1-4-20(22,5-2)16-8-18(25-11-24-16)28-17-7-12-6-14(15-10-26-29-30(15)3)27-19(21)13(12)9-23-17/h6-11H,4-5,22H2,1-3H3,(H2,21,27)(H,23,24,25,28). The molecule has 0 aliphatic rings. The molecule has 154 valence electrons. The van der Waals surface area contributed by atoms with Gasteiger partial charge in [-0.15, -0.1) is 5.10 Å². The van der Waals surface area contributed by atoms with Crippen molar-refractivity contribution in [1.29, 1.82) is 0 Å². The van der Waals surface area contributed by atoms with Crippen LogP contribution in [-0.2, 0) is 12.6 Å². The van der Waals surface area contributed by atoms with Crippen molar-refractivity contribution < 1.29 is 0 Å². The van der Waals surface area contributed by atoms with E-state index in [1.165, 1.54) is 6.33 Å². The Morgan fingerprint density at radius 2 is 1.80 bits per heavy atom. The van der Waals surface area contributed by atoms with E-state index in [1.807, 2.05) is 18.2 Å². The van der Waals surface area contributed by atoms with Crippen LogP contribution in [0, 0.1) is 0 Å². The summed E-state index contributed by atoms with van der Waals surface area (Å²) in [6.07, 6.45) is 6.43. The van der Waals surface area contributed by atoms with E-state index in [4.69, 9.17) is 11.5 Å². The minimum Gasteiger partial charge on any atom is -0.383 e. The molecule has 0 radical (unpaired) electrons. The summed E-state index contributed by atoms with van der Waals surface area (Å²) in [6.45, 7) is 4.11. The van der Waals surface area contributed by atoms with Crippen LogP contribution in [0.2, 0.25) is 0 Å². The Morgan fingerprint density at radius 1 is 1.03 bits per heavy atom. The van der Waals surface area contributed by atoms with Crippen molar-refractivity contribution in [2.75, 3.05) is 11.1 Å². The molecule has 0 aliphatic carbocycles. The number of anilines is 3. The van der Waals surface area contributed by atoms with Gasteiger partial charge >= 0.3 is 0 Å². The van der Waals surface area contributed by atoms with Crippen LogP contribution >= 0.6 is 0 Å². The van der Waals surface area contributed by atoms with Crippen LogP contribution in [0.3, 0.4) is 0 Å². The first-order chi connectivity index (χ1) is 14.4. The smallest absolute Gasteiger partial charge is 0.135 e. The number of hydrogen-bond donors (Lipinski definition) is 3. The third-order valence-electron chi connectivity index (χ3n) is 5.42. The first-order valence-electron chi connectivity index (χ1n) is 9.73. The third kappa shape index (κ3) is 3.52. The van der Waals surface area contributed by atoms with Crippen molar-refractivity contribution in [3.05, 3.63) is 42.6 Å². The van der Waals surface area contributed by atoms with Crippen molar-refractivity contribution in [3.63, 3.8) is 0 Å². The Kier molecular flexibility index (Phi) is 5.00. The highest BCUT2D eigenvalue weighted by Crippen LogP contribution is 2.28. The Bertz CT molecular complexity index is 1200. The van der Waals surface area contributed by atoms with Gasteiger partial charge in [0.25, 0.3) is 0 Å². The molecule has 10 nitrogen and oxygen atoms in total. The molecule has 0 bridgehead atoms. The first-order valence-corrected chi connectivity index (χ1v) is 9.73. The molecule has 0 aromatic carbocycles. The molecular formula is C20H24N10. The maximum atomic E-state index is 6.48. The summed E-state index contributed by atoms with van der Waals surface area (Å²) < 4.78 is 1.65. The normalized spacial score (nSPS) is 11.7. The van der Waals surface area contributed by atoms with E-state index in [0.29, 0.717) is 23.1 Å². The van der Waals surface area contributed by atoms with Crippen LogP contribution in [0.1, 0.15) is 32.4 Å². The van der Waals surface area contributed by atoms with Gasteiger partial charge in [0.15, 0.2) is 0 Å². The Labute approximate surface area is 173 Å². The minimum atomic E-state index is -0.484. The molecule has 0 atom stereocenters. The lowest BCUT2D eigenvalue weighted by Gasteiger charge is -2.26. The van der Waals surface area contributed by atoms with Gasteiger partial charge in [-0.05, 0) is 30.4 Å². The zero-order valence-electron chi connectivity index (χ0n) is 17.2. The monoisotopic (exact) mass is 404 g/mol. The zero-order valence-corrected chi connectivity index (χ0v) is 17.2. The summed E-state index contributed by atoms with van der Waals surface area (Å²) in [4.78, 5) is 17.6. The van der Waals surface area contributed by atoms with Crippen molar-refractivity contribution in [2.45, 2.75) is 32.2 Å². The first kappa shape index (κ1) is 19.6. The van der Waals surface area contributed by atoms with Crippen LogP contribution in [0.5, 0.6) is 0 Å². The van der Waals surface area contributed by atoms with E-state index in [0.717, 1.165) is 35.0 Å². The molecule has 0 amide bonds. The molecule has 5 N–H and O–H groups in total. The van der Waals surface area contributed by atoms with Gasteiger partial charge in [-0.3, -0.25) is 0 Å². The van der Waals surface area contributed by atoms with Gasteiger partial charge in [-0.25, -0.2) is 24.6 Å². The molecule has 0 saturated carbocycles. The number of rotatable bonds is 6. The van der Waals surface area contributed by atoms with E-state index in [1.54, 1.807) is 24.1 Å². The van der Waals surface area contributed by atoms with Gasteiger partial charge in [0.1, 0.15) is 29.5 Å². The van der Waals surface area contributed by atoms with Crippen LogP contribution in [0.25, 0.3) is 22.2 Å². The van der Waals surface area contributed by atoms with E-state index in [2.05, 4.69) is 49.4 Å². The summed E-state index contributed by atoms with van der Waals surface area (Å²) in [5.41, 5.74) is 14.4. The number of nitrogens with zero attached hydrogens (tertiary/aromatic N) is 7. The lowest BCUT2D eigenvalue weighted by atomic mass is 9.90. The fraction of sp³-hybridized carbons (Fsp3) is 0.300. The summed E-state index contributed by atoms with van der Waals surface area (Å²) >= 11 is 0. The molecule has 4 aromatic heterocycles. The number of nitrogen functional groups attached to an aromatic ring is 1. The van der Waals surface area contributed by atoms with Crippen LogP contribution in [0.15, 0.2) is 36.9 Å². The SMILES string of the molecule is CCC(N)(CC)c1cc(Nc2cc3cc(-c4cnnn4C)nc(N)c3cn2)ncn1. The van der Waals surface area contributed by atoms with Crippen molar-refractivity contribution >= 4 is 28.2 Å². The maximum Gasteiger partial charge on any atom is 0.135 e. The largest absolute Gasteiger partial charge is 0.383 e. The predicted octanol–water partition coefficient (Wildman–Crippen LogP) is 2.52. The van der Waals surface area contributed by atoms with E-state index in [-0.39, 0.29) is 0 Å². The molecule has 30 heavy (non-hydrogen) atoms. The number of nitrogens with one attached hydrogen (secondary N) is 1. The average Bonchev–Trinajstić information content (AvgIpc) is 3.19. The van der Waals surface area contributed by atoms with E-state index < -0.39 is 5.54 Å². The quantitative estimate of drug-likeness (QED) is 0.441. The molecule has 0 aliphatic heterocycles. The number of aryl methyl sites for hydroxylation is 1. The highest BCUT2D eigenvalue weighted by molar-refractivity contribution is 5.94. The van der Waals surface area contributed by atoms with Crippen LogP contribution in [-0.4, -0.2) is 34.9 Å². The molecule has 4 heterocycles. The number of pyridine rings is 2. The molecule has 0 unspecified atom stereocenters. The van der Waals surface area contributed by atoms with Crippen molar-refractivity contribution in [3.8, 4) is 11.4 Å². The zero-order chi connectivity index (χ0) is 21.3. The predicted molar refractivity (Wildman–Crippen MR) is 116 cm³/mol. The summed E-state index contributed by atoms with van der Waals surface area (Å²) in [7, 11) is 1.81. The number of hydrogen-bond acceptors (Lipinski definition) is 9. The second-order valence-electron chi connectivity index (χ2n) is 7.20. The van der Waals surface area contributed by atoms with E-state index in [9.17, 15) is 0 Å². The average molecular weight is 404 g/mol. The molecule has 10 heteroatoms. The Balaban J connectivity index is 1.70. The molecule has 0 spiro atoms. The topological polar surface area (TPSA) is 146 Å². The summed E-state index contributed by atoms with van der Waals surface area (Å²) in [6, 6.07) is 5.70. The van der Waals surface area contributed by atoms with Gasteiger partial charge in [0.2, 0.25) is 0 Å². The molecule has 4 rings (SSSR count). The second kappa shape index (κ2) is 7.64. The van der Waals surface area contributed by atoms with Crippen molar-refractivity contribution in [2.24, 2.45) is 12.8 Å². The van der Waals surface area contributed by atoms with Gasteiger partial charge in [0, 0.05) is 24.7 Å². The van der Waals surface area contributed by atoms with Gasteiger partial charge in [-0.2, -0.15) is 0 Å². The Morgan fingerprint density at radius 3 is 2.50 bits per heavy atom. The molecule has 4 aromatic rings.